The van der Waals surface area contributed by atoms with Crippen LogP contribution in [0.1, 0.15) is 24.5 Å². The number of anilines is 1. The normalized spacial score (nSPS) is 10.3. The fourth-order valence-electron chi connectivity index (χ4n) is 2.14. The van der Waals surface area contributed by atoms with Gasteiger partial charge in [-0.25, -0.2) is 4.79 Å². The number of hydrogen-bond acceptors (Lipinski definition) is 4. The highest BCUT2D eigenvalue weighted by atomic mass is 16.2. The molecule has 0 unspecified atom stereocenters. The lowest BCUT2D eigenvalue weighted by molar-refractivity contribution is 0.573. The number of nitrogens with zero attached hydrogens (tertiary/aromatic N) is 3. The zero-order valence-electron chi connectivity index (χ0n) is 11.7. The van der Waals surface area contributed by atoms with E-state index in [-0.39, 0.29) is 12.2 Å². The largest absolute Gasteiger partial charge is 0.393 e. The van der Waals surface area contributed by atoms with Crippen LogP contribution in [0.4, 0.5) is 5.69 Å². The first kappa shape index (κ1) is 14.6. The first-order chi connectivity index (χ1) is 10.1. The highest BCUT2D eigenvalue weighted by Crippen LogP contribution is 2.05. The Morgan fingerprint density at radius 3 is 2.76 bits per heavy atom. The van der Waals surface area contributed by atoms with Crippen molar-refractivity contribution in [3.63, 3.8) is 0 Å². The number of hydrogen-bond donors (Lipinski definition) is 1. The van der Waals surface area contributed by atoms with Crippen LogP contribution in [0.25, 0.3) is 0 Å². The van der Waals surface area contributed by atoms with Crippen LogP contribution in [-0.2, 0) is 13.1 Å². The standard InChI is InChI=1S/C15H16N4O2/c1-2-6-18-10-13(17)14(20)19(15(18)21)9-12-5-3-4-11(7-12)8-16/h3-5,7,10H,2,6,9,17H2,1H3. The van der Waals surface area contributed by atoms with Crippen LogP contribution < -0.4 is 17.0 Å². The maximum atomic E-state index is 12.3. The minimum absolute atomic E-state index is 0.0412. The van der Waals surface area contributed by atoms with Crippen LogP contribution in [0.3, 0.4) is 0 Å². The van der Waals surface area contributed by atoms with E-state index in [0.717, 1.165) is 11.0 Å². The zero-order chi connectivity index (χ0) is 15.4. The summed E-state index contributed by atoms with van der Waals surface area (Å²) >= 11 is 0. The molecule has 2 aromatic rings. The average Bonchev–Trinajstić information content (AvgIpc) is 2.49. The van der Waals surface area contributed by atoms with Gasteiger partial charge in [0.2, 0.25) is 0 Å². The number of nitriles is 1. The molecule has 0 spiro atoms. The molecular weight excluding hydrogens is 268 g/mol. The molecule has 0 saturated carbocycles. The second-order valence-corrected chi connectivity index (χ2v) is 4.76. The summed E-state index contributed by atoms with van der Waals surface area (Å²) in [6.07, 6.45) is 2.15. The molecule has 6 nitrogen and oxygen atoms in total. The first-order valence-electron chi connectivity index (χ1n) is 6.65. The topological polar surface area (TPSA) is 93.8 Å². The Morgan fingerprint density at radius 1 is 1.33 bits per heavy atom. The minimum atomic E-state index is -0.505. The van der Waals surface area contributed by atoms with Gasteiger partial charge in [-0.2, -0.15) is 5.26 Å². The van der Waals surface area contributed by atoms with Crippen molar-refractivity contribution >= 4 is 5.69 Å². The zero-order valence-corrected chi connectivity index (χ0v) is 11.7. The summed E-state index contributed by atoms with van der Waals surface area (Å²) in [4.78, 5) is 24.4. The third-order valence-corrected chi connectivity index (χ3v) is 3.12. The lowest BCUT2D eigenvalue weighted by Crippen LogP contribution is -2.40. The number of aryl methyl sites for hydroxylation is 1. The van der Waals surface area contributed by atoms with Crippen LogP contribution >= 0.6 is 0 Å². The molecule has 0 saturated heterocycles. The summed E-state index contributed by atoms with van der Waals surface area (Å²) in [6, 6.07) is 8.83. The third kappa shape index (κ3) is 3.03. The van der Waals surface area contributed by atoms with Crippen LogP contribution in [0.5, 0.6) is 0 Å². The van der Waals surface area contributed by atoms with Crippen molar-refractivity contribution in [2.45, 2.75) is 26.4 Å². The summed E-state index contributed by atoms with van der Waals surface area (Å²) in [5, 5.41) is 8.89. The van der Waals surface area contributed by atoms with Crippen molar-refractivity contribution in [1.29, 1.82) is 5.26 Å². The summed E-state index contributed by atoms with van der Waals surface area (Å²) in [5.74, 6) is 0. The monoisotopic (exact) mass is 284 g/mol. The van der Waals surface area contributed by atoms with Crippen molar-refractivity contribution in [3.8, 4) is 6.07 Å². The second-order valence-electron chi connectivity index (χ2n) is 4.76. The summed E-state index contributed by atoms with van der Waals surface area (Å²) in [7, 11) is 0. The molecule has 2 N–H and O–H groups in total. The molecule has 6 heteroatoms. The van der Waals surface area contributed by atoms with E-state index in [4.69, 9.17) is 11.0 Å². The van der Waals surface area contributed by atoms with Gasteiger partial charge in [0.25, 0.3) is 5.56 Å². The summed E-state index contributed by atoms with van der Waals surface area (Å²) < 4.78 is 2.53. The van der Waals surface area contributed by atoms with Crippen molar-refractivity contribution in [1.82, 2.24) is 9.13 Å². The minimum Gasteiger partial charge on any atom is -0.393 e. The average molecular weight is 284 g/mol. The van der Waals surface area contributed by atoms with Crippen molar-refractivity contribution < 1.29 is 0 Å². The molecule has 0 radical (unpaired) electrons. The SMILES string of the molecule is CCCn1cc(N)c(=O)n(Cc2cccc(C#N)c2)c1=O. The van der Waals surface area contributed by atoms with E-state index in [1.165, 1.54) is 10.8 Å². The number of rotatable bonds is 4. The van der Waals surface area contributed by atoms with Crippen molar-refractivity contribution in [2.24, 2.45) is 0 Å². The molecule has 0 amide bonds. The van der Waals surface area contributed by atoms with Gasteiger partial charge in [0.05, 0.1) is 18.2 Å². The van der Waals surface area contributed by atoms with Gasteiger partial charge in [-0.1, -0.05) is 19.1 Å². The first-order valence-corrected chi connectivity index (χ1v) is 6.65. The van der Waals surface area contributed by atoms with E-state index in [9.17, 15) is 9.59 Å². The van der Waals surface area contributed by atoms with Crippen molar-refractivity contribution in [2.75, 3.05) is 5.73 Å². The molecule has 0 aliphatic carbocycles. The Kier molecular flexibility index (Phi) is 4.24. The quantitative estimate of drug-likeness (QED) is 0.903. The Balaban J connectivity index is 2.51. The molecule has 0 atom stereocenters. The van der Waals surface area contributed by atoms with Gasteiger partial charge in [-0.15, -0.1) is 0 Å². The molecule has 1 heterocycles. The highest BCUT2D eigenvalue weighted by Gasteiger charge is 2.09. The Hall–Kier alpha value is -2.81. The molecule has 1 aromatic heterocycles. The smallest absolute Gasteiger partial charge is 0.331 e. The second kappa shape index (κ2) is 6.09. The fourth-order valence-corrected chi connectivity index (χ4v) is 2.14. The molecule has 0 fully saturated rings. The van der Waals surface area contributed by atoms with E-state index in [1.54, 1.807) is 24.3 Å². The van der Waals surface area contributed by atoms with Crippen LogP contribution in [0.15, 0.2) is 40.1 Å². The highest BCUT2D eigenvalue weighted by molar-refractivity contribution is 5.34. The molecule has 0 aliphatic heterocycles. The van der Waals surface area contributed by atoms with Crippen LogP contribution in [0.2, 0.25) is 0 Å². The Labute approximate surface area is 121 Å². The number of aromatic nitrogens is 2. The van der Waals surface area contributed by atoms with Gasteiger partial charge >= 0.3 is 5.69 Å². The van der Waals surface area contributed by atoms with Crippen molar-refractivity contribution in [3.05, 3.63) is 62.4 Å². The maximum Gasteiger partial charge on any atom is 0.331 e. The van der Waals surface area contributed by atoms with Gasteiger partial charge in [0.15, 0.2) is 0 Å². The van der Waals surface area contributed by atoms with Gasteiger partial charge in [0, 0.05) is 12.7 Å². The Morgan fingerprint density at radius 2 is 2.10 bits per heavy atom. The molecule has 21 heavy (non-hydrogen) atoms. The number of benzene rings is 1. The summed E-state index contributed by atoms with van der Waals surface area (Å²) in [6.45, 7) is 2.54. The van der Waals surface area contributed by atoms with Crippen LogP contribution in [-0.4, -0.2) is 9.13 Å². The van der Waals surface area contributed by atoms with E-state index < -0.39 is 11.2 Å². The molecule has 0 aliphatic rings. The lowest BCUT2D eigenvalue weighted by Gasteiger charge is -2.11. The van der Waals surface area contributed by atoms with Gasteiger partial charge in [-0.3, -0.25) is 13.9 Å². The predicted octanol–water partition coefficient (Wildman–Crippen LogP) is 0.922. The number of nitrogen functional groups attached to an aromatic ring is 1. The fraction of sp³-hybridized carbons (Fsp3) is 0.267. The van der Waals surface area contributed by atoms with Gasteiger partial charge in [0.1, 0.15) is 5.69 Å². The lowest BCUT2D eigenvalue weighted by atomic mass is 10.1. The van der Waals surface area contributed by atoms with Crippen LogP contribution in [0, 0.1) is 11.3 Å². The van der Waals surface area contributed by atoms with Gasteiger partial charge in [-0.05, 0) is 24.1 Å². The van der Waals surface area contributed by atoms with E-state index in [2.05, 4.69) is 0 Å². The molecule has 0 bridgehead atoms. The maximum absolute atomic E-state index is 12.3. The molecule has 108 valence electrons. The van der Waals surface area contributed by atoms with E-state index >= 15 is 0 Å². The van der Waals surface area contributed by atoms with Gasteiger partial charge < -0.3 is 5.73 Å². The number of nitrogens with two attached hydrogens (primary N) is 1. The van der Waals surface area contributed by atoms with E-state index in [0.29, 0.717) is 17.7 Å². The molecule has 1 aromatic carbocycles. The van der Waals surface area contributed by atoms with E-state index in [1.807, 2.05) is 13.0 Å². The molecular formula is C15H16N4O2. The Bertz CT molecular complexity index is 812. The molecule has 2 rings (SSSR count). The summed E-state index contributed by atoms with van der Waals surface area (Å²) in [5.41, 5.74) is 6.03. The third-order valence-electron chi connectivity index (χ3n) is 3.12. The predicted molar refractivity (Wildman–Crippen MR) is 79.9 cm³/mol.